The zero-order chi connectivity index (χ0) is 23.0. The van der Waals surface area contributed by atoms with Gasteiger partial charge in [-0.3, -0.25) is 14.3 Å². The molecule has 3 rings (SSSR count). The predicted molar refractivity (Wildman–Crippen MR) is 104 cm³/mol. The van der Waals surface area contributed by atoms with E-state index in [1.165, 1.54) is 11.1 Å². The molecule has 2 aromatic heterocycles. The lowest BCUT2D eigenvalue weighted by Crippen LogP contribution is -2.38. The van der Waals surface area contributed by atoms with E-state index in [1.54, 1.807) is 7.11 Å². The van der Waals surface area contributed by atoms with Gasteiger partial charge >= 0.3 is 12.1 Å². The molecule has 0 saturated carbocycles. The minimum Gasteiger partial charge on any atom is -0.475 e. The Morgan fingerprint density at radius 3 is 2.23 bits per heavy atom. The third-order valence-electron chi connectivity index (χ3n) is 4.81. The van der Waals surface area contributed by atoms with Crippen LogP contribution in [0.5, 0.6) is 0 Å². The van der Waals surface area contributed by atoms with Crippen molar-refractivity contribution in [1.82, 2.24) is 24.5 Å². The number of aryl methyl sites for hydroxylation is 2. The molecule has 12 heteroatoms. The average molecular weight is 447 g/mol. The molecule has 9 nitrogen and oxygen atoms in total. The van der Waals surface area contributed by atoms with Crippen molar-refractivity contribution in [2.24, 2.45) is 14.1 Å². The molecule has 2 aromatic rings. The molecule has 1 N–H and O–H groups in total. The van der Waals surface area contributed by atoms with Gasteiger partial charge in [-0.05, 0) is 18.4 Å². The molecule has 2 atom stereocenters. The lowest BCUT2D eigenvalue weighted by Gasteiger charge is -2.27. The molecule has 0 amide bonds. The van der Waals surface area contributed by atoms with Crippen LogP contribution in [0.3, 0.4) is 0 Å². The first-order valence-electron chi connectivity index (χ1n) is 9.70. The van der Waals surface area contributed by atoms with Crippen LogP contribution >= 0.6 is 0 Å². The van der Waals surface area contributed by atoms with Crippen molar-refractivity contribution >= 4 is 5.97 Å². The van der Waals surface area contributed by atoms with Crippen LogP contribution in [0, 0.1) is 0 Å². The number of likely N-dealkylation sites (tertiary alicyclic amines) is 1. The quantitative estimate of drug-likeness (QED) is 0.615. The fraction of sp³-hybridized carbons (Fsp3) is 0.632. The highest BCUT2D eigenvalue weighted by molar-refractivity contribution is 5.73. The van der Waals surface area contributed by atoms with E-state index >= 15 is 0 Å². The summed E-state index contributed by atoms with van der Waals surface area (Å²) < 4.78 is 46.7. The van der Waals surface area contributed by atoms with Gasteiger partial charge in [-0.2, -0.15) is 23.4 Å². The van der Waals surface area contributed by atoms with Gasteiger partial charge in [0.2, 0.25) is 0 Å². The first-order chi connectivity index (χ1) is 14.6. The lowest BCUT2D eigenvalue weighted by molar-refractivity contribution is -0.192. The molecular weight excluding hydrogens is 419 g/mol. The number of halogens is 3. The fourth-order valence-corrected chi connectivity index (χ4v) is 3.43. The third kappa shape index (κ3) is 7.96. The molecule has 31 heavy (non-hydrogen) atoms. The Morgan fingerprint density at radius 1 is 1.16 bits per heavy atom. The van der Waals surface area contributed by atoms with Gasteiger partial charge in [0.25, 0.3) is 0 Å². The number of carboxylic acids is 1. The van der Waals surface area contributed by atoms with Crippen LogP contribution in [0.15, 0.2) is 24.8 Å². The van der Waals surface area contributed by atoms with Crippen LogP contribution < -0.4 is 0 Å². The largest absolute Gasteiger partial charge is 0.490 e. The van der Waals surface area contributed by atoms with Crippen molar-refractivity contribution in [3.63, 3.8) is 0 Å². The Balaban J connectivity index is 0.000000423. The van der Waals surface area contributed by atoms with E-state index in [1.807, 2.05) is 35.9 Å². The normalized spacial score (nSPS) is 19.3. The van der Waals surface area contributed by atoms with Crippen molar-refractivity contribution < 1.29 is 32.5 Å². The molecular formula is C19H28F3N5O4. The van der Waals surface area contributed by atoms with Crippen LogP contribution in [-0.4, -0.2) is 80.7 Å². The number of hydrogen-bond acceptors (Lipinski definition) is 6. The van der Waals surface area contributed by atoms with Crippen LogP contribution in [0.4, 0.5) is 13.2 Å². The molecule has 174 valence electrons. The highest BCUT2D eigenvalue weighted by Gasteiger charge is 2.38. The standard InChI is InChI=1S/C17H27N5O2.C2HF3O2/c1-20-11-14(9-18-20)8-16-17(24-7-6-23-3)4-5-22(16)13-15-10-19-21(2)12-15;3-2(4,5)1(6)7/h9-12,16-17H,4-8,13H2,1-3H3;(H,6,7)/t16-,17-;/m0./s1. The molecule has 0 spiro atoms. The van der Waals surface area contributed by atoms with E-state index in [0.717, 1.165) is 25.9 Å². The van der Waals surface area contributed by atoms with Crippen molar-refractivity contribution in [2.45, 2.75) is 37.7 Å². The van der Waals surface area contributed by atoms with Crippen LogP contribution in [-0.2, 0) is 41.3 Å². The van der Waals surface area contributed by atoms with Gasteiger partial charge in [-0.25, -0.2) is 4.79 Å². The zero-order valence-electron chi connectivity index (χ0n) is 17.7. The van der Waals surface area contributed by atoms with Crippen molar-refractivity contribution in [3.8, 4) is 0 Å². The minimum atomic E-state index is -5.08. The highest BCUT2D eigenvalue weighted by Crippen LogP contribution is 2.26. The number of ether oxygens (including phenoxy) is 2. The number of nitrogens with zero attached hydrogens (tertiary/aromatic N) is 5. The molecule has 1 aliphatic heterocycles. The summed E-state index contributed by atoms with van der Waals surface area (Å²) in [6.07, 6.45) is 5.22. The van der Waals surface area contributed by atoms with E-state index < -0.39 is 12.1 Å². The summed E-state index contributed by atoms with van der Waals surface area (Å²) in [5.74, 6) is -2.76. The van der Waals surface area contributed by atoms with E-state index in [4.69, 9.17) is 19.4 Å². The van der Waals surface area contributed by atoms with Gasteiger partial charge in [0.05, 0.1) is 31.7 Å². The van der Waals surface area contributed by atoms with Crippen LogP contribution in [0.1, 0.15) is 17.5 Å². The van der Waals surface area contributed by atoms with Crippen LogP contribution in [0.25, 0.3) is 0 Å². The van der Waals surface area contributed by atoms with Crippen molar-refractivity contribution in [1.29, 1.82) is 0 Å². The maximum Gasteiger partial charge on any atom is 0.490 e. The predicted octanol–water partition coefficient (Wildman–Crippen LogP) is 1.64. The number of carboxylic acid groups (broad SMARTS) is 1. The Kier molecular flexibility index (Phi) is 9.01. The summed E-state index contributed by atoms with van der Waals surface area (Å²) in [5, 5.41) is 15.7. The topological polar surface area (TPSA) is 94.6 Å². The Hall–Kier alpha value is -2.44. The Morgan fingerprint density at radius 2 is 1.74 bits per heavy atom. The SMILES string of the molecule is COCCO[C@H]1CCN(Cc2cnn(C)c2)[C@H]1Cc1cnn(C)c1.O=C(O)C(F)(F)F. The second-order valence-electron chi connectivity index (χ2n) is 7.28. The first kappa shape index (κ1) is 24.8. The molecule has 3 heterocycles. The molecule has 0 aliphatic carbocycles. The number of rotatable bonds is 8. The molecule has 0 unspecified atom stereocenters. The average Bonchev–Trinajstić information content (AvgIpc) is 3.38. The van der Waals surface area contributed by atoms with Gasteiger partial charge in [0, 0.05) is 58.3 Å². The number of aromatic nitrogens is 4. The summed E-state index contributed by atoms with van der Waals surface area (Å²) in [7, 11) is 5.62. The molecule has 1 aliphatic rings. The lowest BCUT2D eigenvalue weighted by atomic mass is 10.0. The van der Waals surface area contributed by atoms with E-state index in [9.17, 15) is 13.2 Å². The summed E-state index contributed by atoms with van der Waals surface area (Å²) in [4.78, 5) is 11.4. The molecule has 1 fully saturated rings. The third-order valence-corrected chi connectivity index (χ3v) is 4.81. The highest BCUT2D eigenvalue weighted by atomic mass is 19.4. The maximum atomic E-state index is 10.6. The zero-order valence-corrected chi connectivity index (χ0v) is 17.7. The second kappa shape index (κ2) is 11.3. The first-order valence-corrected chi connectivity index (χ1v) is 9.70. The Bertz CT molecular complexity index is 824. The Labute approximate surface area is 178 Å². The van der Waals surface area contributed by atoms with Gasteiger partial charge < -0.3 is 14.6 Å². The van der Waals surface area contributed by atoms with Gasteiger partial charge in [0.15, 0.2) is 0 Å². The smallest absolute Gasteiger partial charge is 0.475 e. The number of aliphatic carboxylic acids is 1. The number of methoxy groups -OCH3 is 1. The molecule has 0 aromatic carbocycles. The number of hydrogen-bond donors (Lipinski definition) is 1. The van der Waals surface area contributed by atoms with E-state index in [-0.39, 0.29) is 6.10 Å². The monoisotopic (exact) mass is 447 g/mol. The number of alkyl halides is 3. The van der Waals surface area contributed by atoms with E-state index in [0.29, 0.717) is 19.3 Å². The van der Waals surface area contributed by atoms with Crippen molar-refractivity contribution in [3.05, 3.63) is 35.9 Å². The summed E-state index contributed by atoms with van der Waals surface area (Å²) in [6.45, 7) is 3.23. The summed E-state index contributed by atoms with van der Waals surface area (Å²) in [6, 6.07) is 0.353. The van der Waals surface area contributed by atoms with Crippen LogP contribution in [0.2, 0.25) is 0 Å². The van der Waals surface area contributed by atoms with Gasteiger partial charge in [-0.15, -0.1) is 0 Å². The summed E-state index contributed by atoms with van der Waals surface area (Å²) in [5.41, 5.74) is 2.49. The minimum absolute atomic E-state index is 0.233. The van der Waals surface area contributed by atoms with Crippen molar-refractivity contribution in [2.75, 3.05) is 26.9 Å². The number of carbonyl (C=O) groups is 1. The second-order valence-corrected chi connectivity index (χ2v) is 7.28. The molecule has 0 bridgehead atoms. The maximum absolute atomic E-state index is 10.6. The fourth-order valence-electron chi connectivity index (χ4n) is 3.43. The summed E-state index contributed by atoms with van der Waals surface area (Å²) >= 11 is 0. The van der Waals surface area contributed by atoms with Gasteiger partial charge in [0.1, 0.15) is 0 Å². The van der Waals surface area contributed by atoms with Gasteiger partial charge in [-0.1, -0.05) is 0 Å². The molecule has 1 saturated heterocycles. The van der Waals surface area contributed by atoms with E-state index in [2.05, 4.69) is 27.5 Å². The molecule has 0 radical (unpaired) electrons.